The lowest BCUT2D eigenvalue weighted by Gasteiger charge is -2.27. The Morgan fingerprint density at radius 2 is 2.21 bits per heavy atom. The third-order valence-corrected chi connectivity index (χ3v) is 4.18. The summed E-state index contributed by atoms with van der Waals surface area (Å²) >= 11 is 0. The molecular weight excluding hydrogens is 236 g/mol. The van der Waals surface area contributed by atoms with E-state index in [1.165, 1.54) is 35.4 Å². The molecule has 1 aromatic rings. The summed E-state index contributed by atoms with van der Waals surface area (Å²) in [5, 5.41) is 3.62. The quantitative estimate of drug-likeness (QED) is 0.843. The molecule has 1 N–H and O–H groups in total. The van der Waals surface area contributed by atoms with E-state index in [-0.39, 0.29) is 5.41 Å². The SMILES string of the molecule is CC(C)(C)c1cc(C2CCCN2)c2c(n1)CCOC2. The van der Waals surface area contributed by atoms with Crippen LogP contribution >= 0.6 is 0 Å². The Bertz CT molecular complexity index is 470. The molecule has 1 atom stereocenters. The molecule has 0 radical (unpaired) electrons. The number of aromatic nitrogens is 1. The van der Waals surface area contributed by atoms with E-state index in [1.54, 1.807) is 0 Å². The minimum absolute atomic E-state index is 0.112. The summed E-state index contributed by atoms with van der Waals surface area (Å²) < 4.78 is 5.65. The van der Waals surface area contributed by atoms with Gasteiger partial charge in [-0.2, -0.15) is 0 Å². The molecule has 1 aromatic heterocycles. The summed E-state index contributed by atoms with van der Waals surface area (Å²) in [6.07, 6.45) is 3.46. The van der Waals surface area contributed by atoms with Gasteiger partial charge in [0.05, 0.1) is 13.2 Å². The van der Waals surface area contributed by atoms with Crippen LogP contribution in [0.25, 0.3) is 0 Å². The average Bonchev–Trinajstić information content (AvgIpc) is 2.90. The molecule has 3 nitrogen and oxygen atoms in total. The molecule has 0 amide bonds. The molecule has 1 saturated heterocycles. The Morgan fingerprint density at radius 3 is 2.89 bits per heavy atom. The first-order chi connectivity index (χ1) is 9.05. The molecule has 1 unspecified atom stereocenters. The van der Waals surface area contributed by atoms with E-state index in [1.807, 2.05) is 0 Å². The van der Waals surface area contributed by atoms with Gasteiger partial charge in [0.1, 0.15) is 0 Å². The predicted octanol–water partition coefficient (Wildman–Crippen LogP) is 2.88. The fourth-order valence-electron chi connectivity index (χ4n) is 3.01. The zero-order chi connectivity index (χ0) is 13.5. The second-order valence-electron chi connectivity index (χ2n) is 6.72. The van der Waals surface area contributed by atoms with Crippen molar-refractivity contribution in [1.29, 1.82) is 0 Å². The van der Waals surface area contributed by atoms with Gasteiger partial charge in [-0.05, 0) is 31.0 Å². The topological polar surface area (TPSA) is 34.2 Å². The molecule has 0 saturated carbocycles. The summed E-state index contributed by atoms with van der Waals surface area (Å²) in [4.78, 5) is 4.91. The highest BCUT2D eigenvalue weighted by Crippen LogP contribution is 2.33. The Morgan fingerprint density at radius 1 is 1.37 bits per heavy atom. The van der Waals surface area contributed by atoms with Crippen molar-refractivity contribution < 1.29 is 4.74 Å². The Hall–Kier alpha value is -0.930. The third-order valence-electron chi connectivity index (χ3n) is 4.18. The van der Waals surface area contributed by atoms with Crippen molar-refractivity contribution in [3.63, 3.8) is 0 Å². The molecule has 3 heteroatoms. The zero-order valence-electron chi connectivity index (χ0n) is 12.3. The molecule has 2 aliphatic rings. The first kappa shape index (κ1) is 13.1. The third kappa shape index (κ3) is 2.54. The van der Waals surface area contributed by atoms with E-state index >= 15 is 0 Å². The summed E-state index contributed by atoms with van der Waals surface area (Å²) in [5.74, 6) is 0. The molecular formula is C16H24N2O. The van der Waals surface area contributed by atoms with Crippen LogP contribution in [0.4, 0.5) is 0 Å². The van der Waals surface area contributed by atoms with E-state index in [9.17, 15) is 0 Å². The molecule has 1 fully saturated rings. The van der Waals surface area contributed by atoms with Crippen molar-refractivity contribution in [2.45, 2.75) is 58.1 Å². The van der Waals surface area contributed by atoms with Gasteiger partial charge in [-0.15, -0.1) is 0 Å². The summed E-state index contributed by atoms with van der Waals surface area (Å²) in [6.45, 7) is 9.41. The summed E-state index contributed by atoms with van der Waals surface area (Å²) in [7, 11) is 0. The second kappa shape index (κ2) is 4.88. The van der Waals surface area contributed by atoms with Gasteiger partial charge in [-0.3, -0.25) is 4.98 Å². The van der Waals surface area contributed by atoms with Gasteiger partial charge < -0.3 is 10.1 Å². The van der Waals surface area contributed by atoms with Gasteiger partial charge >= 0.3 is 0 Å². The van der Waals surface area contributed by atoms with Crippen LogP contribution in [-0.2, 0) is 23.2 Å². The highest BCUT2D eigenvalue weighted by molar-refractivity contribution is 5.38. The van der Waals surface area contributed by atoms with Crippen molar-refractivity contribution in [1.82, 2.24) is 10.3 Å². The lowest BCUT2D eigenvalue weighted by atomic mass is 9.87. The van der Waals surface area contributed by atoms with Gasteiger partial charge in [0.25, 0.3) is 0 Å². The number of ether oxygens (including phenoxy) is 1. The highest BCUT2D eigenvalue weighted by atomic mass is 16.5. The highest BCUT2D eigenvalue weighted by Gasteiger charge is 2.27. The minimum Gasteiger partial charge on any atom is -0.376 e. The van der Waals surface area contributed by atoms with Gasteiger partial charge in [0, 0.05) is 34.8 Å². The van der Waals surface area contributed by atoms with Crippen molar-refractivity contribution in [3.8, 4) is 0 Å². The molecule has 0 spiro atoms. The number of nitrogens with one attached hydrogen (secondary N) is 1. The maximum atomic E-state index is 5.65. The van der Waals surface area contributed by atoms with Gasteiger partial charge in [-0.1, -0.05) is 20.8 Å². The Kier molecular flexibility index (Phi) is 3.35. The average molecular weight is 260 g/mol. The molecule has 0 aromatic carbocycles. The molecule has 104 valence electrons. The normalized spacial score (nSPS) is 23.4. The number of hydrogen-bond acceptors (Lipinski definition) is 3. The van der Waals surface area contributed by atoms with Crippen LogP contribution in [-0.4, -0.2) is 18.1 Å². The number of hydrogen-bond donors (Lipinski definition) is 1. The Labute approximate surface area is 115 Å². The van der Waals surface area contributed by atoms with E-state index in [0.29, 0.717) is 6.04 Å². The molecule has 0 aliphatic carbocycles. The van der Waals surface area contributed by atoms with Crippen LogP contribution in [0.5, 0.6) is 0 Å². The zero-order valence-corrected chi connectivity index (χ0v) is 12.3. The monoisotopic (exact) mass is 260 g/mol. The first-order valence-electron chi connectivity index (χ1n) is 7.40. The molecule has 19 heavy (non-hydrogen) atoms. The number of nitrogens with zero attached hydrogens (tertiary/aromatic N) is 1. The van der Waals surface area contributed by atoms with E-state index in [0.717, 1.165) is 26.2 Å². The fraction of sp³-hybridized carbons (Fsp3) is 0.688. The minimum atomic E-state index is 0.112. The first-order valence-corrected chi connectivity index (χ1v) is 7.40. The summed E-state index contributed by atoms with van der Waals surface area (Å²) in [6, 6.07) is 2.82. The lowest BCUT2D eigenvalue weighted by Crippen LogP contribution is -2.24. The predicted molar refractivity (Wildman–Crippen MR) is 76.3 cm³/mol. The van der Waals surface area contributed by atoms with Crippen LogP contribution in [0.2, 0.25) is 0 Å². The van der Waals surface area contributed by atoms with Crippen LogP contribution in [0, 0.1) is 0 Å². The van der Waals surface area contributed by atoms with E-state index < -0.39 is 0 Å². The van der Waals surface area contributed by atoms with E-state index in [2.05, 4.69) is 32.2 Å². The van der Waals surface area contributed by atoms with Crippen LogP contribution < -0.4 is 5.32 Å². The van der Waals surface area contributed by atoms with Gasteiger partial charge in [-0.25, -0.2) is 0 Å². The van der Waals surface area contributed by atoms with Crippen molar-refractivity contribution in [2.75, 3.05) is 13.2 Å². The smallest absolute Gasteiger partial charge is 0.0738 e. The maximum absolute atomic E-state index is 5.65. The van der Waals surface area contributed by atoms with Crippen molar-refractivity contribution >= 4 is 0 Å². The molecule has 2 aliphatic heterocycles. The lowest BCUT2D eigenvalue weighted by molar-refractivity contribution is 0.108. The molecule has 3 heterocycles. The van der Waals surface area contributed by atoms with Crippen LogP contribution in [0.15, 0.2) is 6.07 Å². The fourth-order valence-corrected chi connectivity index (χ4v) is 3.01. The largest absolute Gasteiger partial charge is 0.376 e. The maximum Gasteiger partial charge on any atom is 0.0738 e. The summed E-state index contributed by atoms with van der Waals surface area (Å²) in [5.41, 5.74) is 5.38. The number of fused-ring (bicyclic) bond motifs is 1. The van der Waals surface area contributed by atoms with Crippen LogP contribution in [0.3, 0.4) is 0 Å². The second-order valence-corrected chi connectivity index (χ2v) is 6.72. The van der Waals surface area contributed by atoms with Crippen molar-refractivity contribution in [3.05, 3.63) is 28.6 Å². The van der Waals surface area contributed by atoms with Gasteiger partial charge in [0.2, 0.25) is 0 Å². The van der Waals surface area contributed by atoms with E-state index in [4.69, 9.17) is 9.72 Å². The number of rotatable bonds is 1. The van der Waals surface area contributed by atoms with Gasteiger partial charge in [0.15, 0.2) is 0 Å². The van der Waals surface area contributed by atoms with Crippen LogP contribution in [0.1, 0.15) is 62.2 Å². The Balaban J connectivity index is 2.08. The van der Waals surface area contributed by atoms with Crippen molar-refractivity contribution in [2.24, 2.45) is 0 Å². The molecule has 3 rings (SSSR count). The molecule has 0 bridgehead atoms. The standard InChI is InChI=1S/C16H24N2O/c1-16(2,3)15-9-11(13-5-4-7-17-13)12-10-19-8-6-14(12)18-15/h9,13,17H,4-8,10H2,1-3H3. The number of pyridine rings is 1.